The van der Waals surface area contributed by atoms with Crippen molar-refractivity contribution in [1.82, 2.24) is 5.16 Å². The van der Waals surface area contributed by atoms with Gasteiger partial charge in [0.15, 0.2) is 11.4 Å². The monoisotopic (exact) mass is 428 g/mol. The summed E-state index contributed by atoms with van der Waals surface area (Å²) in [6.45, 7) is 0. The van der Waals surface area contributed by atoms with Gasteiger partial charge in [-0.1, -0.05) is 23.4 Å². The molecule has 0 unspecified atom stereocenters. The number of amides is 2. The van der Waals surface area contributed by atoms with Crippen LogP contribution in [0.3, 0.4) is 0 Å². The molecular formula is C21H15F3N4O3. The van der Waals surface area contributed by atoms with E-state index in [0.29, 0.717) is 28.2 Å². The second-order valence-electron chi connectivity index (χ2n) is 6.48. The summed E-state index contributed by atoms with van der Waals surface area (Å²) >= 11 is 0. The third-order valence-corrected chi connectivity index (χ3v) is 4.25. The standard InChI is InChI=1S/C21H15F3N4O3/c22-21(23,24)12-4-1-5-13(10-12)26-20(29)27-14-6-2-7-15(11-14)30-16-8-3-9-17-18(16)19(25)28-31-17/h1-11H,(H2,25,28)(H2,26,27,29). The molecule has 0 aliphatic heterocycles. The number of fused-ring (bicyclic) bond motifs is 1. The lowest BCUT2D eigenvalue weighted by Crippen LogP contribution is -2.19. The van der Waals surface area contributed by atoms with Crippen LogP contribution in [0.5, 0.6) is 11.5 Å². The zero-order valence-corrected chi connectivity index (χ0v) is 15.7. The highest BCUT2D eigenvalue weighted by Gasteiger charge is 2.30. The number of rotatable bonds is 4. The van der Waals surface area contributed by atoms with Gasteiger partial charge in [-0.2, -0.15) is 13.2 Å². The maximum Gasteiger partial charge on any atom is 0.416 e. The minimum absolute atomic E-state index is 0.00865. The molecule has 0 saturated heterocycles. The third kappa shape index (κ3) is 4.53. The number of anilines is 3. The number of nitrogens with zero attached hydrogens (tertiary/aromatic N) is 1. The van der Waals surface area contributed by atoms with Crippen LogP contribution in [0.4, 0.5) is 35.2 Å². The molecule has 0 bridgehead atoms. The largest absolute Gasteiger partial charge is 0.456 e. The molecule has 2 amide bonds. The van der Waals surface area contributed by atoms with Crippen LogP contribution in [0, 0.1) is 0 Å². The number of hydrogen-bond acceptors (Lipinski definition) is 5. The van der Waals surface area contributed by atoms with Crippen LogP contribution in [0.1, 0.15) is 5.56 Å². The van der Waals surface area contributed by atoms with Crippen LogP contribution >= 0.6 is 0 Å². The van der Waals surface area contributed by atoms with Crippen molar-refractivity contribution in [3.05, 3.63) is 72.3 Å². The van der Waals surface area contributed by atoms with Crippen LogP contribution in [-0.4, -0.2) is 11.2 Å². The van der Waals surface area contributed by atoms with Gasteiger partial charge in [0.05, 0.1) is 5.56 Å². The molecular weight excluding hydrogens is 413 g/mol. The molecule has 0 aliphatic rings. The molecule has 10 heteroatoms. The molecule has 7 nitrogen and oxygen atoms in total. The highest BCUT2D eigenvalue weighted by molar-refractivity contribution is 6.00. The Morgan fingerprint density at radius 3 is 2.39 bits per heavy atom. The van der Waals surface area contributed by atoms with E-state index in [2.05, 4.69) is 15.8 Å². The van der Waals surface area contributed by atoms with Crippen LogP contribution in [0.25, 0.3) is 11.0 Å². The lowest BCUT2D eigenvalue weighted by Gasteiger charge is -2.12. The van der Waals surface area contributed by atoms with Crippen molar-refractivity contribution < 1.29 is 27.2 Å². The summed E-state index contributed by atoms with van der Waals surface area (Å²) in [4.78, 5) is 12.2. The number of halogens is 3. The summed E-state index contributed by atoms with van der Waals surface area (Å²) < 4.78 is 49.4. The molecule has 0 spiro atoms. The smallest absolute Gasteiger partial charge is 0.416 e. The third-order valence-electron chi connectivity index (χ3n) is 4.25. The topological polar surface area (TPSA) is 102 Å². The summed E-state index contributed by atoms with van der Waals surface area (Å²) in [5.74, 6) is 0.993. The molecule has 0 aliphatic carbocycles. The number of nitrogens with two attached hydrogens (primary N) is 1. The van der Waals surface area contributed by atoms with Crippen molar-refractivity contribution in [2.45, 2.75) is 6.18 Å². The van der Waals surface area contributed by atoms with Gasteiger partial charge in [-0.25, -0.2) is 4.79 Å². The Labute approximate surface area is 173 Å². The van der Waals surface area contributed by atoms with Gasteiger partial charge < -0.3 is 25.6 Å². The first-order valence-corrected chi connectivity index (χ1v) is 8.97. The van der Waals surface area contributed by atoms with Gasteiger partial charge in [-0.15, -0.1) is 0 Å². The van der Waals surface area contributed by atoms with Crippen LogP contribution in [-0.2, 0) is 6.18 Å². The number of carbonyl (C=O) groups is 1. The predicted molar refractivity (Wildman–Crippen MR) is 109 cm³/mol. The number of ether oxygens (including phenoxy) is 1. The van der Waals surface area contributed by atoms with Gasteiger partial charge in [-0.05, 0) is 42.5 Å². The molecule has 4 aromatic rings. The van der Waals surface area contributed by atoms with E-state index in [1.807, 2.05) is 0 Å². The summed E-state index contributed by atoms with van der Waals surface area (Å²) in [5, 5.41) is 9.14. The van der Waals surface area contributed by atoms with Gasteiger partial charge in [-0.3, -0.25) is 0 Å². The number of carbonyl (C=O) groups excluding carboxylic acids is 1. The van der Waals surface area contributed by atoms with Gasteiger partial charge in [0.1, 0.15) is 16.9 Å². The van der Waals surface area contributed by atoms with Crippen LogP contribution in [0.15, 0.2) is 71.3 Å². The molecule has 31 heavy (non-hydrogen) atoms. The first-order valence-electron chi connectivity index (χ1n) is 8.97. The maximum absolute atomic E-state index is 12.8. The number of hydrogen-bond donors (Lipinski definition) is 3. The van der Waals surface area contributed by atoms with Crippen molar-refractivity contribution in [3.8, 4) is 11.5 Å². The van der Waals surface area contributed by atoms with Crippen molar-refractivity contribution in [1.29, 1.82) is 0 Å². The quantitative estimate of drug-likeness (QED) is 0.378. The van der Waals surface area contributed by atoms with E-state index in [0.717, 1.165) is 12.1 Å². The van der Waals surface area contributed by atoms with Crippen molar-refractivity contribution >= 4 is 34.2 Å². The SMILES string of the molecule is Nc1noc2cccc(Oc3cccc(NC(=O)Nc4cccc(C(F)(F)F)c4)c3)c12. The van der Waals surface area contributed by atoms with E-state index >= 15 is 0 Å². The second-order valence-corrected chi connectivity index (χ2v) is 6.48. The van der Waals surface area contributed by atoms with E-state index in [4.69, 9.17) is 15.0 Å². The fourth-order valence-corrected chi connectivity index (χ4v) is 2.90. The Morgan fingerprint density at radius 2 is 1.65 bits per heavy atom. The summed E-state index contributed by atoms with van der Waals surface area (Å²) in [6.07, 6.45) is -4.50. The van der Waals surface area contributed by atoms with Gasteiger partial charge in [0.2, 0.25) is 0 Å². The fraction of sp³-hybridized carbons (Fsp3) is 0.0476. The van der Waals surface area contributed by atoms with Gasteiger partial charge in [0, 0.05) is 17.4 Å². The fourth-order valence-electron chi connectivity index (χ4n) is 2.90. The minimum atomic E-state index is -4.50. The summed E-state index contributed by atoms with van der Waals surface area (Å²) in [6, 6.07) is 15.2. The molecule has 3 aromatic carbocycles. The minimum Gasteiger partial charge on any atom is -0.456 e. The number of nitrogen functional groups attached to an aromatic ring is 1. The molecule has 1 aromatic heterocycles. The van der Waals surface area contributed by atoms with Crippen molar-refractivity contribution in [3.63, 3.8) is 0 Å². The molecule has 0 fully saturated rings. The Morgan fingerprint density at radius 1 is 0.968 bits per heavy atom. The van der Waals surface area contributed by atoms with E-state index in [1.165, 1.54) is 12.1 Å². The second kappa shape index (κ2) is 7.90. The first kappa shape index (κ1) is 20.1. The molecule has 1 heterocycles. The molecule has 4 rings (SSSR count). The molecule has 158 valence electrons. The predicted octanol–water partition coefficient (Wildman–Crippen LogP) is 5.87. The van der Waals surface area contributed by atoms with Gasteiger partial charge in [0.25, 0.3) is 0 Å². The number of nitrogens with one attached hydrogen (secondary N) is 2. The van der Waals surface area contributed by atoms with E-state index in [-0.39, 0.29) is 11.5 Å². The Hall–Kier alpha value is -4.21. The molecule has 0 radical (unpaired) electrons. The first-order chi connectivity index (χ1) is 14.8. The molecule has 0 atom stereocenters. The van der Waals surface area contributed by atoms with Crippen molar-refractivity contribution in [2.75, 3.05) is 16.4 Å². The Kier molecular flexibility index (Phi) is 5.12. The van der Waals surface area contributed by atoms with Crippen molar-refractivity contribution in [2.24, 2.45) is 0 Å². The average molecular weight is 428 g/mol. The highest BCUT2D eigenvalue weighted by Crippen LogP contribution is 2.34. The Balaban J connectivity index is 1.47. The lowest BCUT2D eigenvalue weighted by molar-refractivity contribution is -0.137. The number of aromatic nitrogens is 1. The lowest BCUT2D eigenvalue weighted by atomic mass is 10.2. The van der Waals surface area contributed by atoms with Gasteiger partial charge >= 0.3 is 12.2 Å². The van der Waals surface area contributed by atoms with Crippen LogP contribution in [0.2, 0.25) is 0 Å². The summed E-state index contributed by atoms with van der Waals surface area (Å²) in [5.41, 5.74) is 5.80. The molecule has 0 saturated carbocycles. The zero-order valence-electron chi connectivity index (χ0n) is 15.7. The zero-order chi connectivity index (χ0) is 22.0. The number of benzene rings is 3. The summed E-state index contributed by atoms with van der Waals surface area (Å²) in [7, 11) is 0. The molecule has 4 N–H and O–H groups in total. The Bertz CT molecular complexity index is 1250. The number of urea groups is 1. The van der Waals surface area contributed by atoms with E-state index in [9.17, 15) is 18.0 Å². The number of alkyl halides is 3. The van der Waals surface area contributed by atoms with E-state index < -0.39 is 17.8 Å². The van der Waals surface area contributed by atoms with E-state index in [1.54, 1.807) is 42.5 Å². The van der Waals surface area contributed by atoms with Crippen LogP contribution < -0.4 is 21.1 Å². The maximum atomic E-state index is 12.8. The average Bonchev–Trinajstić information content (AvgIpc) is 3.10. The highest BCUT2D eigenvalue weighted by atomic mass is 19.4. The normalized spacial score (nSPS) is 11.3.